The van der Waals surface area contributed by atoms with Gasteiger partial charge in [0.1, 0.15) is 6.07 Å². The van der Waals surface area contributed by atoms with Gasteiger partial charge in [-0.2, -0.15) is 5.26 Å². The van der Waals surface area contributed by atoms with Crippen LogP contribution in [0.25, 0.3) is 0 Å². The Balaban J connectivity index is 1.80. The second-order valence-electron chi connectivity index (χ2n) is 4.99. The molecule has 1 aromatic rings. The lowest BCUT2D eigenvalue weighted by Crippen LogP contribution is -2.31. The summed E-state index contributed by atoms with van der Waals surface area (Å²) >= 11 is 6.03. The third-order valence-corrected chi connectivity index (χ3v) is 4.00. The van der Waals surface area contributed by atoms with Gasteiger partial charge in [-0.1, -0.05) is 17.7 Å². The zero-order chi connectivity index (χ0) is 12.5. The van der Waals surface area contributed by atoms with Crippen molar-refractivity contribution in [1.82, 2.24) is 0 Å². The van der Waals surface area contributed by atoms with E-state index in [4.69, 9.17) is 21.6 Å². The van der Waals surface area contributed by atoms with E-state index >= 15 is 0 Å². The van der Waals surface area contributed by atoms with Crippen molar-refractivity contribution < 1.29 is 4.74 Å². The number of hydrogen-bond donors (Lipinski definition) is 1. The summed E-state index contributed by atoms with van der Waals surface area (Å²) in [6.45, 7) is 0.807. The van der Waals surface area contributed by atoms with Crippen molar-refractivity contribution >= 4 is 17.3 Å². The molecule has 1 aromatic carbocycles. The third kappa shape index (κ3) is 2.19. The molecule has 0 radical (unpaired) electrons. The Kier molecular flexibility index (Phi) is 3.15. The van der Waals surface area contributed by atoms with Crippen molar-refractivity contribution in [1.29, 1.82) is 5.26 Å². The average Bonchev–Trinajstić information content (AvgIpc) is 3.11. The summed E-state index contributed by atoms with van der Waals surface area (Å²) in [6.07, 6.45) is 3.83. The lowest BCUT2D eigenvalue weighted by molar-refractivity contribution is 0.0898. The molecule has 1 saturated heterocycles. The molecule has 3 nitrogen and oxygen atoms in total. The van der Waals surface area contributed by atoms with E-state index in [1.807, 2.05) is 12.1 Å². The molecule has 0 amide bonds. The molecule has 2 aliphatic rings. The van der Waals surface area contributed by atoms with Gasteiger partial charge >= 0.3 is 0 Å². The zero-order valence-electron chi connectivity index (χ0n) is 10.0. The topological polar surface area (TPSA) is 45.0 Å². The van der Waals surface area contributed by atoms with Crippen molar-refractivity contribution in [2.75, 3.05) is 11.9 Å². The first kappa shape index (κ1) is 11.8. The molecular formula is C14H15ClN2O. The predicted octanol–water partition coefficient (Wildman–Crippen LogP) is 3.19. The molecule has 1 aliphatic carbocycles. The fourth-order valence-electron chi connectivity index (χ4n) is 2.61. The van der Waals surface area contributed by atoms with Gasteiger partial charge in [0.2, 0.25) is 0 Å². The lowest BCUT2D eigenvalue weighted by atomic mass is 10.0. The van der Waals surface area contributed by atoms with Crippen LogP contribution in [-0.4, -0.2) is 18.8 Å². The molecule has 0 spiro atoms. The summed E-state index contributed by atoms with van der Waals surface area (Å²) in [7, 11) is 0. The van der Waals surface area contributed by atoms with E-state index in [2.05, 4.69) is 11.4 Å². The van der Waals surface area contributed by atoms with Crippen molar-refractivity contribution in [2.24, 2.45) is 5.92 Å². The Morgan fingerprint density at radius 2 is 2.17 bits per heavy atom. The van der Waals surface area contributed by atoms with Crippen LogP contribution in [0.3, 0.4) is 0 Å². The van der Waals surface area contributed by atoms with Gasteiger partial charge in [-0.25, -0.2) is 0 Å². The van der Waals surface area contributed by atoms with Crippen LogP contribution in [0.1, 0.15) is 24.8 Å². The van der Waals surface area contributed by atoms with E-state index in [-0.39, 0.29) is 0 Å². The van der Waals surface area contributed by atoms with Crippen LogP contribution < -0.4 is 5.32 Å². The molecule has 2 atom stereocenters. The van der Waals surface area contributed by atoms with Crippen molar-refractivity contribution in [3.8, 4) is 6.07 Å². The first-order valence-electron chi connectivity index (χ1n) is 6.36. The maximum absolute atomic E-state index is 9.15. The summed E-state index contributed by atoms with van der Waals surface area (Å²) in [4.78, 5) is 0. The molecule has 94 valence electrons. The molecule has 2 unspecified atom stereocenters. The first-order chi connectivity index (χ1) is 8.79. The molecule has 1 N–H and O–H groups in total. The van der Waals surface area contributed by atoms with Gasteiger partial charge in [0.15, 0.2) is 0 Å². The van der Waals surface area contributed by atoms with E-state index in [1.165, 1.54) is 12.8 Å². The number of anilines is 1. The highest BCUT2D eigenvalue weighted by Gasteiger charge is 2.40. The third-order valence-electron chi connectivity index (χ3n) is 3.69. The maximum Gasteiger partial charge on any atom is 0.103 e. The highest BCUT2D eigenvalue weighted by Crippen LogP contribution is 2.40. The molecule has 1 heterocycles. The summed E-state index contributed by atoms with van der Waals surface area (Å²) in [6, 6.07) is 7.99. The van der Waals surface area contributed by atoms with E-state index in [9.17, 15) is 0 Å². The van der Waals surface area contributed by atoms with E-state index in [1.54, 1.807) is 6.07 Å². The smallest absolute Gasteiger partial charge is 0.103 e. The van der Waals surface area contributed by atoms with Crippen molar-refractivity contribution in [3.63, 3.8) is 0 Å². The van der Waals surface area contributed by atoms with Gasteiger partial charge in [-0.15, -0.1) is 0 Å². The Labute approximate surface area is 112 Å². The van der Waals surface area contributed by atoms with Crippen molar-refractivity contribution in [2.45, 2.75) is 31.4 Å². The highest BCUT2D eigenvalue weighted by molar-refractivity contribution is 6.32. The lowest BCUT2D eigenvalue weighted by Gasteiger charge is -2.21. The van der Waals surface area contributed by atoms with Crippen LogP contribution in [0.2, 0.25) is 5.02 Å². The zero-order valence-corrected chi connectivity index (χ0v) is 10.8. The van der Waals surface area contributed by atoms with Gasteiger partial charge in [-0.05, 0) is 37.3 Å². The number of nitrogens with zero attached hydrogens (tertiary/aromatic N) is 1. The van der Waals surface area contributed by atoms with Gasteiger partial charge in [0, 0.05) is 6.61 Å². The Morgan fingerprint density at radius 1 is 1.33 bits per heavy atom. The molecular weight excluding hydrogens is 248 g/mol. The number of benzene rings is 1. The number of nitriles is 1. The van der Waals surface area contributed by atoms with Crippen LogP contribution >= 0.6 is 11.6 Å². The van der Waals surface area contributed by atoms with Crippen LogP contribution in [0.15, 0.2) is 18.2 Å². The van der Waals surface area contributed by atoms with Crippen LogP contribution in [-0.2, 0) is 4.74 Å². The van der Waals surface area contributed by atoms with Gasteiger partial charge in [0.25, 0.3) is 0 Å². The summed E-state index contributed by atoms with van der Waals surface area (Å²) in [5, 5.41) is 13.1. The fraction of sp³-hybridized carbons (Fsp3) is 0.500. The Bertz CT molecular complexity index is 493. The molecule has 2 fully saturated rings. The summed E-state index contributed by atoms with van der Waals surface area (Å²) in [5.41, 5.74) is 1.35. The molecule has 3 rings (SSSR count). The summed E-state index contributed by atoms with van der Waals surface area (Å²) < 4.78 is 5.79. The normalized spacial score (nSPS) is 26.9. The van der Waals surface area contributed by atoms with E-state index < -0.39 is 0 Å². The van der Waals surface area contributed by atoms with Crippen LogP contribution in [0.4, 0.5) is 5.69 Å². The molecule has 1 saturated carbocycles. The first-order valence-corrected chi connectivity index (χ1v) is 6.74. The van der Waals surface area contributed by atoms with Crippen molar-refractivity contribution in [3.05, 3.63) is 28.8 Å². The number of rotatable bonds is 3. The van der Waals surface area contributed by atoms with Crippen LogP contribution in [0.5, 0.6) is 0 Å². The molecule has 18 heavy (non-hydrogen) atoms. The van der Waals surface area contributed by atoms with Gasteiger partial charge in [-0.3, -0.25) is 0 Å². The molecule has 1 aliphatic heterocycles. The number of ether oxygens (including phenoxy) is 1. The maximum atomic E-state index is 9.15. The average molecular weight is 263 g/mol. The monoisotopic (exact) mass is 262 g/mol. The highest BCUT2D eigenvalue weighted by atomic mass is 35.5. The Hall–Kier alpha value is -1.24. The predicted molar refractivity (Wildman–Crippen MR) is 70.7 cm³/mol. The van der Waals surface area contributed by atoms with E-state index in [0.717, 1.165) is 18.7 Å². The fourth-order valence-corrected chi connectivity index (χ4v) is 2.83. The minimum absolute atomic E-state index is 0.301. The Morgan fingerprint density at radius 3 is 2.89 bits per heavy atom. The standard InChI is InChI=1S/C14H15ClN2O/c15-11-2-1-3-12(10(11)8-16)17-13-6-7-18-14(13)9-4-5-9/h1-3,9,13-14,17H,4-7H2. The minimum Gasteiger partial charge on any atom is -0.378 e. The molecule has 4 heteroatoms. The second kappa shape index (κ2) is 4.79. The SMILES string of the molecule is N#Cc1c(Cl)cccc1NC1CCOC1C1CC1. The quantitative estimate of drug-likeness (QED) is 0.910. The summed E-state index contributed by atoms with van der Waals surface area (Å²) in [5.74, 6) is 0.703. The van der Waals surface area contributed by atoms with E-state index in [0.29, 0.717) is 28.6 Å². The van der Waals surface area contributed by atoms with Gasteiger partial charge < -0.3 is 10.1 Å². The number of halogens is 1. The minimum atomic E-state index is 0.301. The van der Waals surface area contributed by atoms with Gasteiger partial charge in [0.05, 0.1) is 28.4 Å². The molecule has 0 bridgehead atoms. The largest absolute Gasteiger partial charge is 0.378 e. The molecule has 0 aromatic heterocycles. The number of hydrogen-bond acceptors (Lipinski definition) is 3. The number of nitrogens with one attached hydrogen (secondary N) is 1. The van der Waals surface area contributed by atoms with Crippen LogP contribution in [0, 0.1) is 17.2 Å². The second-order valence-corrected chi connectivity index (χ2v) is 5.39.